The Morgan fingerprint density at radius 2 is 2.20 bits per heavy atom. The Hall–Kier alpha value is -3.24. The van der Waals surface area contributed by atoms with Gasteiger partial charge >= 0.3 is 0 Å². The molecule has 126 valence electrons. The standard InChI is InChI=1S/C18H17N5O2/c1-20-6-4-8-24-15-10-13(12-19)9-14(11-15)18-22-17(23-25-18)16-5-2-3-7-21-16/h2-3,5,7,9-11,20H,4,6,8H2,1H3. The van der Waals surface area contributed by atoms with E-state index in [-0.39, 0.29) is 0 Å². The molecule has 0 amide bonds. The van der Waals surface area contributed by atoms with Gasteiger partial charge in [-0.15, -0.1) is 0 Å². The fourth-order valence-electron chi connectivity index (χ4n) is 2.25. The Morgan fingerprint density at radius 1 is 1.28 bits per heavy atom. The minimum absolute atomic E-state index is 0.317. The molecule has 1 N–H and O–H groups in total. The van der Waals surface area contributed by atoms with Gasteiger partial charge in [0.15, 0.2) is 0 Å². The molecule has 0 spiro atoms. The molecular formula is C18H17N5O2. The summed E-state index contributed by atoms with van der Waals surface area (Å²) in [7, 11) is 1.89. The van der Waals surface area contributed by atoms with Crippen LogP contribution in [0.15, 0.2) is 47.1 Å². The Morgan fingerprint density at radius 3 is 2.96 bits per heavy atom. The van der Waals surface area contributed by atoms with Gasteiger partial charge in [-0.2, -0.15) is 10.2 Å². The summed E-state index contributed by atoms with van der Waals surface area (Å²) in [6.07, 6.45) is 2.53. The van der Waals surface area contributed by atoms with Crippen LogP contribution in [-0.2, 0) is 0 Å². The number of nitriles is 1. The molecule has 0 radical (unpaired) electrons. The first kappa shape index (κ1) is 16.6. The molecule has 1 aromatic carbocycles. The summed E-state index contributed by atoms with van der Waals surface area (Å²) in [5.74, 6) is 1.31. The average Bonchev–Trinajstić information content (AvgIpc) is 3.16. The van der Waals surface area contributed by atoms with E-state index in [4.69, 9.17) is 9.26 Å². The van der Waals surface area contributed by atoms with Gasteiger partial charge in [0, 0.05) is 11.8 Å². The third-order valence-corrected chi connectivity index (χ3v) is 3.44. The zero-order valence-electron chi connectivity index (χ0n) is 13.8. The molecule has 0 saturated heterocycles. The van der Waals surface area contributed by atoms with E-state index in [1.54, 1.807) is 30.5 Å². The highest BCUT2D eigenvalue weighted by Crippen LogP contribution is 2.26. The molecule has 0 unspecified atom stereocenters. The van der Waals surface area contributed by atoms with Gasteiger partial charge in [-0.1, -0.05) is 11.2 Å². The summed E-state index contributed by atoms with van der Waals surface area (Å²) in [6.45, 7) is 1.42. The maximum atomic E-state index is 9.23. The van der Waals surface area contributed by atoms with Crippen molar-refractivity contribution in [3.8, 4) is 34.8 Å². The summed E-state index contributed by atoms with van der Waals surface area (Å²) < 4.78 is 11.0. The molecule has 0 atom stereocenters. The van der Waals surface area contributed by atoms with Gasteiger partial charge in [-0.05, 0) is 50.3 Å². The van der Waals surface area contributed by atoms with Crippen molar-refractivity contribution in [1.29, 1.82) is 5.26 Å². The summed E-state index contributed by atoms with van der Waals surface area (Å²) in [4.78, 5) is 8.56. The molecule has 25 heavy (non-hydrogen) atoms. The maximum absolute atomic E-state index is 9.23. The third kappa shape index (κ3) is 4.19. The van der Waals surface area contributed by atoms with E-state index in [1.807, 2.05) is 19.2 Å². The lowest BCUT2D eigenvalue weighted by Crippen LogP contribution is -2.11. The Bertz CT molecular complexity index is 871. The predicted octanol–water partition coefficient (Wildman–Crippen LogP) is 2.66. The summed E-state index contributed by atoms with van der Waals surface area (Å²) in [6, 6.07) is 12.8. The predicted molar refractivity (Wildman–Crippen MR) is 91.7 cm³/mol. The van der Waals surface area contributed by atoms with E-state index < -0.39 is 0 Å². The molecule has 0 fully saturated rings. The number of benzene rings is 1. The Kier molecular flexibility index (Phi) is 5.34. The summed E-state index contributed by atoms with van der Waals surface area (Å²) >= 11 is 0. The largest absolute Gasteiger partial charge is 0.493 e. The van der Waals surface area contributed by atoms with E-state index in [9.17, 15) is 5.26 Å². The fraction of sp³-hybridized carbons (Fsp3) is 0.222. The maximum Gasteiger partial charge on any atom is 0.258 e. The number of hydrogen-bond donors (Lipinski definition) is 1. The first-order chi connectivity index (χ1) is 12.3. The van der Waals surface area contributed by atoms with Crippen molar-refractivity contribution in [1.82, 2.24) is 20.4 Å². The van der Waals surface area contributed by atoms with E-state index >= 15 is 0 Å². The number of rotatable bonds is 7. The molecule has 3 rings (SSSR count). The number of hydrogen-bond acceptors (Lipinski definition) is 7. The van der Waals surface area contributed by atoms with E-state index in [0.717, 1.165) is 13.0 Å². The molecule has 0 aliphatic carbocycles. The van der Waals surface area contributed by atoms with Gasteiger partial charge in [0.1, 0.15) is 11.4 Å². The number of nitrogens with zero attached hydrogens (tertiary/aromatic N) is 4. The molecule has 0 bridgehead atoms. The minimum atomic E-state index is 0.317. The van der Waals surface area contributed by atoms with Crippen molar-refractivity contribution in [2.75, 3.05) is 20.2 Å². The van der Waals surface area contributed by atoms with Crippen molar-refractivity contribution in [2.45, 2.75) is 6.42 Å². The van der Waals surface area contributed by atoms with Crippen molar-refractivity contribution >= 4 is 0 Å². The highest BCUT2D eigenvalue weighted by molar-refractivity contribution is 5.61. The lowest BCUT2D eigenvalue weighted by atomic mass is 10.1. The molecule has 2 heterocycles. The van der Waals surface area contributed by atoms with Gasteiger partial charge in [0.25, 0.3) is 5.89 Å². The van der Waals surface area contributed by atoms with Crippen molar-refractivity contribution < 1.29 is 9.26 Å². The summed E-state index contributed by atoms with van der Waals surface area (Å²) in [5.41, 5.74) is 1.73. The van der Waals surface area contributed by atoms with Gasteiger partial charge < -0.3 is 14.6 Å². The third-order valence-electron chi connectivity index (χ3n) is 3.44. The van der Waals surface area contributed by atoms with Gasteiger partial charge in [-0.3, -0.25) is 4.98 Å². The topological polar surface area (TPSA) is 96.9 Å². The highest BCUT2D eigenvalue weighted by atomic mass is 16.5. The van der Waals surface area contributed by atoms with Gasteiger partial charge in [0.2, 0.25) is 5.82 Å². The van der Waals surface area contributed by atoms with E-state index in [0.29, 0.717) is 40.9 Å². The van der Waals surface area contributed by atoms with Crippen molar-refractivity contribution in [3.05, 3.63) is 48.2 Å². The molecule has 7 heteroatoms. The second-order valence-electron chi connectivity index (χ2n) is 5.30. The molecule has 2 aromatic heterocycles. The second kappa shape index (κ2) is 8.04. The molecule has 0 saturated carbocycles. The fourth-order valence-corrected chi connectivity index (χ4v) is 2.25. The van der Waals surface area contributed by atoms with Crippen LogP contribution in [0.25, 0.3) is 23.0 Å². The lowest BCUT2D eigenvalue weighted by Gasteiger charge is -2.07. The first-order valence-electron chi connectivity index (χ1n) is 7.88. The van der Waals surface area contributed by atoms with Crippen LogP contribution in [0.4, 0.5) is 0 Å². The van der Waals surface area contributed by atoms with Crippen LogP contribution in [-0.4, -0.2) is 35.3 Å². The number of pyridine rings is 1. The van der Waals surface area contributed by atoms with E-state index in [1.165, 1.54) is 0 Å². The zero-order valence-corrected chi connectivity index (χ0v) is 13.8. The lowest BCUT2D eigenvalue weighted by molar-refractivity contribution is 0.309. The van der Waals surface area contributed by atoms with Crippen LogP contribution in [0.5, 0.6) is 5.75 Å². The second-order valence-corrected chi connectivity index (χ2v) is 5.30. The summed E-state index contributed by atoms with van der Waals surface area (Å²) in [5, 5.41) is 16.2. The monoisotopic (exact) mass is 335 g/mol. The number of ether oxygens (including phenoxy) is 1. The smallest absolute Gasteiger partial charge is 0.258 e. The highest BCUT2D eigenvalue weighted by Gasteiger charge is 2.13. The van der Waals surface area contributed by atoms with Crippen LogP contribution < -0.4 is 10.1 Å². The van der Waals surface area contributed by atoms with Crippen LogP contribution in [0.1, 0.15) is 12.0 Å². The molecule has 0 aliphatic heterocycles. The Balaban J connectivity index is 1.84. The first-order valence-corrected chi connectivity index (χ1v) is 7.88. The van der Waals surface area contributed by atoms with Crippen molar-refractivity contribution in [2.24, 2.45) is 0 Å². The van der Waals surface area contributed by atoms with Crippen LogP contribution in [0.3, 0.4) is 0 Å². The number of aromatic nitrogens is 3. The van der Waals surface area contributed by atoms with Crippen LogP contribution in [0.2, 0.25) is 0 Å². The van der Waals surface area contributed by atoms with Crippen LogP contribution >= 0.6 is 0 Å². The zero-order chi connectivity index (χ0) is 17.5. The number of nitrogens with one attached hydrogen (secondary N) is 1. The van der Waals surface area contributed by atoms with E-state index in [2.05, 4.69) is 26.5 Å². The SMILES string of the molecule is CNCCCOc1cc(C#N)cc(-c2nc(-c3ccccn3)no2)c1. The van der Waals surface area contributed by atoms with Gasteiger partial charge in [0.05, 0.1) is 18.2 Å². The average molecular weight is 335 g/mol. The normalized spacial score (nSPS) is 10.4. The Labute approximate surface area is 145 Å². The van der Waals surface area contributed by atoms with Gasteiger partial charge in [-0.25, -0.2) is 0 Å². The molecule has 0 aliphatic rings. The molecule has 3 aromatic rings. The molecule has 7 nitrogen and oxygen atoms in total. The van der Waals surface area contributed by atoms with Crippen molar-refractivity contribution in [3.63, 3.8) is 0 Å². The quantitative estimate of drug-likeness (QED) is 0.663. The van der Waals surface area contributed by atoms with Crippen LogP contribution in [0, 0.1) is 11.3 Å². The minimum Gasteiger partial charge on any atom is -0.493 e. The molecular weight excluding hydrogens is 318 g/mol.